The SMILES string of the molecule is [B]C(C)(N)Cc1ccc2c(c1)OC(F)(F)O2. The van der Waals surface area contributed by atoms with Gasteiger partial charge in [0.15, 0.2) is 11.5 Å². The maximum atomic E-state index is 12.7. The van der Waals surface area contributed by atoms with Gasteiger partial charge in [0, 0.05) is 0 Å². The van der Waals surface area contributed by atoms with Crippen LogP contribution in [0.1, 0.15) is 12.5 Å². The van der Waals surface area contributed by atoms with Crippen LogP contribution in [0.25, 0.3) is 0 Å². The van der Waals surface area contributed by atoms with Gasteiger partial charge in [-0.05, 0) is 29.6 Å². The molecule has 2 radical (unpaired) electrons. The van der Waals surface area contributed by atoms with Crippen LogP contribution in [-0.2, 0) is 6.42 Å². The Morgan fingerprint density at radius 2 is 2.00 bits per heavy atom. The highest BCUT2D eigenvalue weighted by molar-refractivity contribution is 6.14. The van der Waals surface area contributed by atoms with E-state index >= 15 is 0 Å². The van der Waals surface area contributed by atoms with Gasteiger partial charge in [0.25, 0.3) is 0 Å². The summed E-state index contributed by atoms with van der Waals surface area (Å²) in [7, 11) is 5.62. The predicted molar refractivity (Wildman–Crippen MR) is 54.7 cm³/mol. The van der Waals surface area contributed by atoms with Crippen LogP contribution in [-0.4, -0.2) is 19.6 Å². The Hall–Kier alpha value is -1.30. The highest BCUT2D eigenvalue weighted by Crippen LogP contribution is 2.41. The molecule has 1 unspecified atom stereocenters. The summed E-state index contributed by atoms with van der Waals surface area (Å²) in [6, 6.07) is 4.49. The first kappa shape index (κ1) is 11.2. The van der Waals surface area contributed by atoms with Gasteiger partial charge in [-0.25, -0.2) is 0 Å². The van der Waals surface area contributed by atoms with E-state index in [0.29, 0.717) is 12.0 Å². The second-order valence-corrected chi connectivity index (χ2v) is 4.13. The molecule has 1 aliphatic rings. The molecule has 6 heteroatoms. The Labute approximate surface area is 92.9 Å². The molecule has 0 bridgehead atoms. The summed E-state index contributed by atoms with van der Waals surface area (Å²) in [5.74, 6) is 0.0243. The summed E-state index contributed by atoms with van der Waals surface area (Å²) in [4.78, 5) is 0. The minimum atomic E-state index is -3.59. The first-order chi connectivity index (χ1) is 7.25. The maximum Gasteiger partial charge on any atom is 0.586 e. The van der Waals surface area contributed by atoms with Crippen LogP contribution >= 0.6 is 0 Å². The van der Waals surface area contributed by atoms with Gasteiger partial charge in [0.2, 0.25) is 0 Å². The van der Waals surface area contributed by atoms with Gasteiger partial charge in [0.1, 0.15) is 0 Å². The van der Waals surface area contributed by atoms with Crippen LogP contribution < -0.4 is 15.2 Å². The number of fused-ring (bicyclic) bond motifs is 1. The molecule has 1 atom stereocenters. The first-order valence-electron chi connectivity index (χ1n) is 4.72. The van der Waals surface area contributed by atoms with Crippen LogP contribution in [0.15, 0.2) is 18.2 Å². The molecule has 0 amide bonds. The minimum Gasteiger partial charge on any atom is -0.395 e. The zero-order chi connectivity index (χ0) is 12.0. The van der Waals surface area contributed by atoms with Crippen molar-refractivity contribution in [1.82, 2.24) is 0 Å². The van der Waals surface area contributed by atoms with Crippen molar-refractivity contribution in [3.8, 4) is 11.5 Å². The molecule has 0 saturated heterocycles. The van der Waals surface area contributed by atoms with Crippen LogP contribution in [0.3, 0.4) is 0 Å². The summed E-state index contributed by atoms with van der Waals surface area (Å²) in [6.07, 6.45) is -3.23. The normalized spacial score (nSPS) is 20.5. The van der Waals surface area contributed by atoms with Crippen LogP contribution in [0.2, 0.25) is 0 Å². The zero-order valence-electron chi connectivity index (χ0n) is 8.67. The Bertz CT molecular complexity index is 418. The summed E-state index contributed by atoms with van der Waals surface area (Å²) in [5, 5.41) is 0. The molecule has 16 heavy (non-hydrogen) atoms. The first-order valence-corrected chi connectivity index (χ1v) is 4.72. The molecule has 0 aliphatic carbocycles. The highest BCUT2D eigenvalue weighted by Gasteiger charge is 2.43. The van der Waals surface area contributed by atoms with E-state index < -0.39 is 11.7 Å². The van der Waals surface area contributed by atoms with Crippen molar-refractivity contribution in [2.75, 3.05) is 0 Å². The summed E-state index contributed by atoms with van der Waals surface area (Å²) < 4.78 is 34.0. The Morgan fingerprint density at radius 1 is 1.38 bits per heavy atom. The van der Waals surface area contributed by atoms with Crippen molar-refractivity contribution in [1.29, 1.82) is 0 Å². The van der Waals surface area contributed by atoms with Gasteiger partial charge in [-0.2, -0.15) is 0 Å². The molecule has 2 N–H and O–H groups in total. The number of alkyl halides is 2. The van der Waals surface area contributed by atoms with Crippen molar-refractivity contribution in [2.45, 2.75) is 25.1 Å². The van der Waals surface area contributed by atoms with Crippen molar-refractivity contribution in [2.24, 2.45) is 5.73 Å². The van der Waals surface area contributed by atoms with E-state index in [4.69, 9.17) is 13.6 Å². The average molecular weight is 225 g/mol. The Morgan fingerprint density at radius 3 is 2.62 bits per heavy atom. The van der Waals surface area contributed by atoms with E-state index in [-0.39, 0.29) is 11.5 Å². The third-order valence-corrected chi connectivity index (χ3v) is 2.05. The van der Waals surface area contributed by atoms with Crippen LogP contribution in [0, 0.1) is 0 Å². The summed E-state index contributed by atoms with van der Waals surface area (Å²) >= 11 is 0. The van der Waals surface area contributed by atoms with Crippen LogP contribution in [0.4, 0.5) is 8.78 Å². The number of rotatable bonds is 2. The van der Waals surface area contributed by atoms with Gasteiger partial charge in [-0.15, -0.1) is 8.78 Å². The van der Waals surface area contributed by atoms with Crippen molar-refractivity contribution < 1.29 is 18.3 Å². The molecule has 0 fully saturated rings. The van der Waals surface area contributed by atoms with E-state index in [1.165, 1.54) is 12.1 Å². The van der Waals surface area contributed by atoms with Crippen molar-refractivity contribution >= 4 is 7.85 Å². The minimum absolute atomic E-state index is 0.00625. The molecule has 2 rings (SSSR count). The van der Waals surface area contributed by atoms with E-state index in [1.807, 2.05) is 0 Å². The topological polar surface area (TPSA) is 44.5 Å². The van der Waals surface area contributed by atoms with Crippen molar-refractivity contribution in [3.63, 3.8) is 0 Å². The highest BCUT2D eigenvalue weighted by atomic mass is 19.3. The molecule has 84 valence electrons. The van der Waals surface area contributed by atoms with E-state index in [0.717, 1.165) is 0 Å². The monoisotopic (exact) mass is 225 g/mol. The van der Waals surface area contributed by atoms with Gasteiger partial charge >= 0.3 is 6.29 Å². The number of ether oxygens (including phenoxy) is 2. The molecule has 1 heterocycles. The quantitative estimate of drug-likeness (QED) is 0.773. The second-order valence-electron chi connectivity index (χ2n) is 4.13. The maximum absolute atomic E-state index is 12.7. The third-order valence-electron chi connectivity index (χ3n) is 2.05. The number of benzene rings is 1. The summed E-state index contributed by atoms with van der Waals surface area (Å²) in [6.45, 7) is 1.65. The fourth-order valence-corrected chi connectivity index (χ4v) is 1.54. The molecule has 1 aliphatic heterocycles. The lowest BCUT2D eigenvalue weighted by Gasteiger charge is -2.18. The molecule has 0 spiro atoms. The average Bonchev–Trinajstić information content (AvgIpc) is 2.34. The lowest BCUT2D eigenvalue weighted by Crippen LogP contribution is -2.38. The fourth-order valence-electron chi connectivity index (χ4n) is 1.54. The number of nitrogens with two attached hydrogens (primary N) is 1. The van der Waals surface area contributed by atoms with E-state index in [1.54, 1.807) is 13.0 Å². The molecule has 0 aromatic heterocycles. The summed E-state index contributed by atoms with van der Waals surface area (Å²) in [5.41, 5.74) is 5.45. The fraction of sp³-hybridized carbons (Fsp3) is 0.400. The Balaban J connectivity index is 2.23. The molecule has 1 aromatic carbocycles. The lowest BCUT2D eigenvalue weighted by atomic mass is 9.76. The molecule has 1 aromatic rings. The molecular formula is C10H10BF2NO2. The second kappa shape index (κ2) is 3.35. The van der Waals surface area contributed by atoms with Crippen molar-refractivity contribution in [3.05, 3.63) is 23.8 Å². The number of halogens is 2. The molecule has 3 nitrogen and oxygen atoms in total. The standard InChI is InChI=1S/C10H10BF2NO2/c1-9(11,14)5-6-2-3-7-8(4-6)16-10(12,13)15-7/h2-4H,5,14H2,1H3. The largest absolute Gasteiger partial charge is 0.586 e. The van der Waals surface area contributed by atoms with Crippen LogP contribution in [0.5, 0.6) is 11.5 Å². The smallest absolute Gasteiger partial charge is 0.395 e. The van der Waals surface area contributed by atoms with Gasteiger partial charge in [-0.3, -0.25) is 0 Å². The molecule has 0 saturated carbocycles. The lowest BCUT2D eigenvalue weighted by molar-refractivity contribution is -0.286. The zero-order valence-corrected chi connectivity index (χ0v) is 8.67. The van der Waals surface area contributed by atoms with Gasteiger partial charge < -0.3 is 15.2 Å². The molecular weight excluding hydrogens is 215 g/mol. The number of hydrogen-bond acceptors (Lipinski definition) is 3. The van der Waals surface area contributed by atoms with E-state index in [2.05, 4.69) is 9.47 Å². The predicted octanol–water partition coefficient (Wildman–Crippen LogP) is 1.39. The Kier molecular flexibility index (Phi) is 2.34. The third kappa shape index (κ3) is 2.44. The number of hydrogen-bond donors (Lipinski definition) is 1. The van der Waals surface area contributed by atoms with Gasteiger partial charge in [-0.1, -0.05) is 13.0 Å². The van der Waals surface area contributed by atoms with Gasteiger partial charge in [0.05, 0.1) is 7.85 Å². The van der Waals surface area contributed by atoms with E-state index in [9.17, 15) is 8.78 Å².